The van der Waals surface area contributed by atoms with E-state index in [1.54, 1.807) is 24.3 Å². The lowest BCUT2D eigenvalue weighted by atomic mass is 10.1. The number of rotatable bonds is 3. The largest absolute Gasteiger partial charge is 0.487 e. The molecule has 1 amide bonds. The van der Waals surface area contributed by atoms with E-state index >= 15 is 0 Å². The molecule has 2 aromatic carbocycles. The van der Waals surface area contributed by atoms with Crippen LogP contribution in [0.2, 0.25) is 0 Å². The molecule has 0 fully saturated rings. The van der Waals surface area contributed by atoms with E-state index in [0.717, 1.165) is 21.9 Å². The van der Waals surface area contributed by atoms with Crippen LogP contribution in [-0.2, 0) is 11.3 Å². The Labute approximate surface area is 153 Å². The number of methoxy groups -OCH3 is 1. The second kappa shape index (κ2) is 6.61. The molecule has 1 N–H and O–H groups in total. The number of nitrogens with zero attached hydrogens (tertiary/aromatic N) is 1. The standard InChI is InChI=1S/C19H14N2O4S/c1-24-18(23)12-8-6-11(7-9-12)17(22)21-19-20-16-13-4-2-3-5-14(13)25-10-15(16)26-19/h2-9H,10H2,1H3,(H,20,21,22). The molecule has 0 radical (unpaired) electrons. The minimum atomic E-state index is -0.441. The normalized spacial score (nSPS) is 11.7. The molecule has 0 bridgehead atoms. The maximum Gasteiger partial charge on any atom is 0.337 e. The van der Waals surface area contributed by atoms with Crippen LogP contribution in [0.4, 0.5) is 5.13 Å². The predicted octanol–water partition coefficient (Wildman–Crippen LogP) is 3.74. The lowest BCUT2D eigenvalue weighted by Crippen LogP contribution is -2.12. The van der Waals surface area contributed by atoms with Gasteiger partial charge < -0.3 is 9.47 Å². The lowest BCUT2D eigenvalue weighted by molar-refractivity contribution is 0.0600. The van der Waals surface area contributed by atoms with Crippen molar-refractivity contribution in [2.24, 2.45) is 0 Å². The van der Waals surface area contributed by atoms with E-state index in [0.29, 0.717) is 22.9 Å². The summed E-state index contributed by atoms with van der Waals surface area (Å²) in [5, 5.41) is 3.32. The molecule has 7 heteroatoms. The summed E-state index contributed by atoms with van der Waals surface area (Å²) in [5.41, 5.74) is 2.59. The number of anilines is 1. The molecule has 1 aliphatic rings. The van der Waals surface area contributed by atoms with Crippen LogP contribution in [0.15, 0.2) is 48.5 Å². The summed E-state index contributed by atoms with van der Waals surface area (Å²) in [6, 6.07) is 14.0. The van der Waals surface area contributed by atoms with Crippen LogP contribution in [0.1, 0.15) is 25.6 Å². The number of nitrogens with one attached hydrogen (secondary N) is 1. The smallest absolute Gasteiger partial charge is 0.337 e. The first-order chi connectivity index (χ1) is 12.7. The van der Waals surface area contributed by atoms with Crippen molar-refractivity contribution in [1.82, 2.24) is 4.98 Å². The van der Waals surface area contributed by atoms with E-state index in [9.17, 15) is 9.59 Å². The van der Waals surface area contributed by atoms with Crippen LogP contribution in [0.25, 0.3) is 11.3 Å². The van der Waals surface area contributed by atoms with Crippen LogP contribution < -0.4 is 10.1 Å². The quantitative estimate of drug-likeness (QED) is 0.715. The van der Waals surface area contributed by atoms with E-state index in [1.807, 2.05) is 24.3 Å². The number of hydrogen-bond donors (Lipinski definition) is 1. The number of carbonyl (C=O) groups excluding carboxylic acids is 2. The molecule has 0 saturated carbocycles. The molecule has 0 saturated heterocycles. The fourth-order valence-electron chi connectivity index (χ4n) is 2.69. The average molecular weight is 366 g/mol. The highest BCUT2D eigenvalue weighted by molar-refractivity contribution is 7.16. The Balaban J connectivity index is 1.55. The van der Waals surface area contributed by atoms with E-state index in [1.165, 1.54) is 18.4 Å². The fourth-order valence-corrected chi connectivity index (χ4v) is 3.57. The highest BCUT2D eigenvalue weighted by atomic mass is 32.1. The number of carbonyl (C=O) groups is 2. The van der Waals surface area contributed by atoms with Gasteiger partial charge in [-0.05, 0) is 36.4 Å². The van der Waals surface area contributed by atoms with Gasteiger partial charge in [0.15, 0.2) is 5.13 Å². The number of benzene rings is 2. The molecule has 4 rings (SSSR count). The fraction of sp³-hybridized carbons (Fsp3) is 0.105. The molecule has 0 spiro atoms. The summed E-state index contributed by atoms with van der Waals surface area (Å²) in [6.07, 6.45) is 0. The Morgan fingerprint density at radius 3 is 2.62 bits per heavy atom. The van der Waals surface area contributed by atoms with Crippen LogP contribution in [0.5, 0.6) is 5.75 Å². The summed E-state index contributed by atoms with van der Waals surface area (Å²) in [4.78, 5) is 29.4. The van der Waals surface area contributed by atoms with Gasteiger partial charge in [0.05, 0.1) is 23.2 Å². The zero-order valence-corrected chi connectivity index (χ0v) is 14.6. The van der Waals surface area contributed by atoms with Gasteiger partial charge in [0.1, 0.15) is 12.4 Å². The van der Waals surface area contributed by atoms with Crippen LogP contribution in [0, 0.1) is 0 Å². The van der Waals surface area contributed by atoms with E-state index in [4.69, 9.17) is 4.74 Å². The highest BCUT2D eigenvalue weighted by Crippen LogP contribution is 2.40. The zero-order valence-electron chi connectivity index (χ0n) is 13.8. The topological polar surface area (TPSA) is 77.5 Å². The number of fused-ring (bicyclic) bond motifs is 3. The molecule has 3 aromatic rings. The Hall–Kier alpha value is -3.19. The van der Waals surface area contributed by atoms with Gasteiger partial charge in [-0.15, -0.1) is 0 Å². The molecule has 2 heterocycles. The van der Waals surface area contributed by atoms with Gasteiger partial charge in [-0.1, -0.05) is 23.5 Å². The van der Waals surface area contributed by atoms with Crippen molar-refractivity contribution in [3.05, 3.63) is 64.5 Å². The van der Waals surface area contributed by atoms with Crippen LogP contribution in [-0.4, -0.2) is 24.0 Å². The first kappa shape index (κ1) is 16.3. The maximum absolute atomic E-state index is 12.4. The van der Waals surface area contributed by atoms with Gasteiger partial charge in [0, 0.05) is 11.1 Å². The third kappa shape index (κ3) is 2.93. The van der Waals surface area contributed by atoms with Gasteiger partial charge in [-0.2, -0.15) is 0 Å². The number of para-hydroxylation sites is 1. The Bertz CT molecular complexity index is 995. The molecule has 0 aliphatic carbocycles. The van der Waals surface area contributed by atoms with E-state index < -0.39 is 5.97 Å². The van der Waals surface area contributed by atoms with Crippen molar-refractivity contribution in [1.29, 1.82) is 0 Å². The van der Waals surface area contributed by atoms with Crippen molar-refractivity contribution in [2.75, 3.05) is 12.4 Å². The van der Waals surface area contributed by atoms with Crippen molar-refractivity contribution in [3.8, 4) is 17.0 Å². The summed E-state index contributed by atoms with van der Waals surface area (Å²) in [5.74, 6) is 0.0616. The van der Waals surface area contributed by atoms with Crippen molar-refractivity contribution >= 4 is 28.3 Å². The molecule has 1 aromatic heterocycles. The van der Waals surface area contributed by atoms with E-state index in [-0.39, 0.29) is 5.91 Å². The molecule has 1 aliphatic heterocycles. The summed E-state index contributed by atoms with van der Waals surface area (Å²) >= 11 is 1.39. The van der Waals surface area contributed by atoms with Gasteiger partial charge in [-0.3, -0.25) is 10.1 Å². The second-order valence-corrected chi connectivity index (χ2v) is 6.68. The summed E-state index contributed by atoms with van der Waals surface area (Å²) in [7, 11) is 1.31. The van der Waals surface area contributed by atoms with Crippen LogP contribution >= 0.6 is 11.3 Å². The van der Waals surface area contributed by atoms with E-state index in [2.05, 4.69) is 15.0 Å². The third-order valence-electron chi connectivity index (χ3n) is 3.99. The first-order valence-corrected chi connectivity index (χ1v) is 8.69. The number of esters is 1. The van der Waals surface area contributed by atoms with Gasteiger partial charge in [0.25, 0.3) is 5.91 Å². The van der Waals surface area contributed by atoms with Crippen molar-refractivity contribution in [3.63, 3.8) is 0 Å². The van der Waals surface area contributed by atoms with Crippen LogP contribution in [0.3, 0.4) is 0 Å². The van der Waals surface area contributed by atoms with Crippen molar-refractivity contribution < 1.29 is 19.1 Å². The predicted molar refractivity (Wildman–Crippen MR) is 97.6 cm³/mol. The lowest BCUT2D eigenvalue weighted by Gasteiger charge is -2.15. The van der Waals surface area contributed by atoms with Gasteiger partial charge in [-0.25, -0.2) is 9.78 Å². The number of amides is 1. The SMILES string of the molecule is COC(=O)c1ccc(C(=O)Nc2nc3c(s2)COc2ccccc2-3)cc1. The maximum atomic E-state index is 12.4. The molecule has 130 valence electrons. The molecule has 0 atom stereocenters. The number of aromatic nitrogens is 1. The zero-order chi connectivity index (χ0) is 18.1. The van der Waals surface area contributed by atoms with Crippen molar-refractivity contribution in [2.45, 2.75) is 6.61 Å². The number of ether oxygens (including phenoxy) is 2. The first-order valence-electron chi connectivity index (χ1n) is 7.87. The Kier molecular flexibility index (Phi) is 4.14. The minimum absolute atomic E-state index is 0.290. The summed E-state index contributed by atoms with van der Waals surface area (Å²) < 4.78 is 10.4. The highest BCUT2D eigenvalue weighted by Gasteiger charge is 2.22. The molecule has 6 nitrogen and oxygen atoms in total. The second-order valence-electron chi connectivity index (χ2n) is 5.60. The van der Waals surface area contributed by atoms with Gasteiger partial charge >= 0.3 is 5.97 Å². The summed E-state index contributed by atoms with van der Waals surface area (Å²) in [6.45, 7) is 0.438. The number of hydrogen-bond acceptors (Lipinski definition) is 6. The molecular weight excluding hydrogens is 352 g/mol. The Morgan fingerprint density at radius 1 is 1.12 bits per heavy atom. The molecular formula is C19H14N2O4S. The minimum Gasteiger partial charge on any atom is -0.487 e. The average Bonchev–Trinajstić information content (AvgIpc) is 3.10. The molecule has 26 heavy (non-hydrogen) atoms. The Morgan fingerprint density at radius 2 is 1.85 bits per heavy atom. The molecule has 0 unspecified atom stereocenters. The third-order valence-corrected chi connectivity index (χ3v) is 4.93. The monoisotopic (exact) mass is 366 g/mol. The number of thiazole rings is 1. The van der Waals surface area contributed by atoms with Gasteiger partial charge in [0.2, 0.25) is 0 Å².